The molecular weight excluding hydrogens is 417 g/mol. The summed E-state index contributed by atoms with van der Waals surface area (Å²) in [6.07, 6.45) is -3.21. The number of nitrogens with zero attached hydrogens (tertiary/aromatic N) is 1. The summed E-state index contributed by atoms with van der Waals surface area (Å²) in [7, 11) is -3.99. The molecule has 0 fully saturated rings. The predicted octanol–water partition coefficient (Wildman–Crippen LogP) is 4.36. The smallest absolute Gasteiger partial charge is 0.348 e. The molecule has 5 nitrogen and oxygen atoms in total. The molecule has 1 atom stereocenters. The molecule has 0 aromatic heterocycles. The van der Waals surface area contributed by atoms with Gasteiger partial charge in [-0.15, -0.1) is 0 Å². The molecule has 0 bridgehead atoms. The number of sulfonamides is 1. The number of halogens is 3. The van der Waals surface area contributed by atoms with Crippen molar-refractivity contribution in [3.05, 3.63) is 64.7 Å². The van der Waals surface area contributed by atoms with Gasteiger partial charge in [-0.25, -0.2) is 8.42 Å². The number of carbonyl (C=O) groups excluding carboxylic acids is 1. The first kappa shape index (κ1) is 23.7. The highest BCUT2D eigenvalue weighted by Crippen LogP contribution is 2.32. The minimum absolute atomic E-state index is 0.220. The molecule has 1 amide bonds. The van der Waals surface area contributed by atoms with E-state index in [0.29, 0.717) is 10.7 Å². The number of hydrogen-bond donors (Lipinski definition) is 1. The molecule has 0 saturated heterocycles. The van der Waals surface area contributed by atoms with Crippen molar-refractivity contribution < 1.29 is 26.4 Å². The maximum Gasteiger partial charge on any atom is 0.416 e. The van der Waals surface area contributed by atoms with Crippen molar-refractivity contribution in [2.75, 3.05) is 17.1 Å². The summed E-state index contributed by atoms with van der Waals surface area (Å²) in [5.74, 6) is -0.607. The highest BCUT2D eigenvalue weighted by molar-refractivity contribution is 7.92. The van der Waals surface area contributed by atoms with Crippen molar-refractivity contribution in [1.29, 1.82) is 0 Å². The predicted molar refractivity (Wildman–Crippen MR) is 111 cm³/mol. The van der Waals surface area contributed by atoms with E-state index in [4.69, 9.17) is 0 Å². The van der Waals surface area contributed by atoms with Gasteiger partial charge in [-0.1, -0.05) is 36.8 Å². The van der Waals surface area contributed by atoms with Crippen LogP contribution in [-0.2, 0) is 21.0 Å². The second kappa shape index (κ2) is 9.07. The molecule has 0 radical (unpaired) electrons. The number of carbonyl (C=O) groups is 1. The fourth-order valence-corrected chi connectivity index (χ4v) is 4.07. The topological polar surface area (TPSA) is 66.5 Å². The summed E-state index contributed by atoms with van der Waals surface area (Å²) in [5, 5.41) is 2.79. The van der Waals surface area contributed by atoms with Crippen molar-refractivity contribution in [1.82, 2.24) is 5.32 Å². The Bertz CT molecular complexity index is 1020. The Morgan fingerprint density at radius 3 is 2.33 bits per heavy atom. The molecule has 0 aliphatic rings. The Hall–Kier alpha value is -2.55. The quantitative estimate of drug-likeness (QED) is 0.693. The van der Waals surface area contributed by atoms with Gasteiger partial charge < -0.3 is 5.32 Å². The molecule has 164 valence electrons. The third-order valence-electron chi connectivity index (χ3n) is 4.69. The Balaban J connectivity index is 2.28. The maximum atomic E-state index is 13.0. The highest BCUT2D eigenvalue weighted by Gasteiger charge is 2.32. The molecule has 9 heteroatoms. The molecule has 0 aliphatic heterocycles. The number of benzene rings is 2. The van der Waals surface area contributed by atoms with E-state index in [1.54, 1.807) is 0 Å². The number of alkyl halides is 3. The van der Waals surface area contributed by atoms with Gasteiger partial charge in [0.2, 0.25) is 15.9 Å². The van der Waals surface area contributed by atoms with Gasteiger partial charge in [0.25, 0.3) is 0 Å². The molecule has 0 aliphatic carbocycles. The lowest BCUT2D eigenvalue weighted by molar-refractivity contribution is -0.137. The Morgan fingerprint density at radius 1 is 1.13 bits per heavy atom. The van der Waals surface area contributed by atoms with E-state index in [-0.39, 0.29) is 11.7 Å². The van der Waals surface area contributed by atoms with E-state index in [9.17, 15) is 26.4 Å². The normalized spacial score (nSPS) is 13.0. The molecule has 0 saturated carbocycles. The van der Waals surface area contributed by atoms with Gasteiger partial charge in [0.15, 0.2) is 0 Å². The van der Waals surface area contributed by atoms with Gasteiger partial charge in [-0.3, -0.25) is 9.10 Å². The van der Waals surface area contributed by atoms with Crippen LogP contribution in [0.5, 0.6) is 0 Å². The van der Waals surface area contributed by atoms with Crippen LogP contribution in [0, 0.1) is 13.8 Å². The largest absolute Gasteiger partial charge is 0.416 e. The zero-order valence-corrected chi connectivity index (χ0v) is 18.1. The second-order valence-electron chi connectivity index (χ2n) is 7.21. The number of nitrogens with one attached hydrogen (secondary N) is 1. The zero-order valence-electron chi connectivity index (χ0n) is 17.2. The zero-order chi connectivity index (χ0) is 22.7. The summed E-state index contributed by atoms with van der Waals surface area (Å²) in [6, 6.07) is 9.36. The average Bonchev–Trinajstić information content (AvgIpc) is 2.63. The lowest BCUT2D eigenvalue weighted by Gasteiger charge is -2.25. The van der Waals surface area contributed by atoms with Gasteiger partial charge in [0.1, 0.15) is 6.54 Å². The SMILES string of the molecule is CCC(NC(=O)CN(c1cccc(C(F)(F)F)c1)S(C)(=O)=O)c1ccc(C)cc1C. The van der Waals surface area contributed by atoms with Crippen molar-refractivity contribution in [3.8, 4) is 0 Å². The summed E-state index contributed by atoms with van der Waals surface area (Å²) < 4.78 is 64.1. The van der Waals surface area contributed by atoms with Crippen LogP contribution >= 0.6 is 0 Å². The fraction of sp³-hybridized carbons (Fsp3) is 0.381. The lowest BCUT2D eigenvalue weighted by Crippen LogP contribution is -2.41. The van der Waals surface area contributed by atoms with Gasteiger partial charge in [-0.2, -0.15) is 13.2 Å². The Morgan fingerprint density at radius 2 is 1.80 bits per heavy atom. The summed E-state index contributed by atoms with van der Waals surface area (Å²) >= 11 is 0. The highest BCUT2D eigenvalue weighted by atomic mass is 32.2. The number of anilines is 1. The Kier molecular flexibility index (Phi) is 7.18. The van der Waals surface area contributed by atoms with Gasteiger partial charge in [0, 0.05) is 0 Å². The number of hydrogen-bond acceptors (Lipinski definition) is 3. The van der Waals surface area contributed by atoms with E-state index in [0.717, 1.165) is 41.1 Å². The molecule has 2 rings (SSSR count). The minimum Gasteiger partial charge on any atom is -0.348 e. The van der Waals surface area contributed by atoms with Crippen LogP contribution in [-0.4, -0.2) is 27.1 Å². The molecule has 2 aromatic rings. The van der Waals surface area contributed by atoms with E-state index in [1.807, 2.05) is 39.0 Å². The van der Waals surface area contributed by atoms with Crippen LogP contribution < -0.4 is 9.62 Å². The summed E-state index contributed by atoms with van der Waals surface area (Å²) in [4.78, 5) is 12.6. The third kappa shape index (κ3) is 5.98. The lowest BCUT2D eigenvalue weighted by atomic mass is 9.97. The van der Waals surface area contributed by atoms with Crippen molar-refractivity contribution >= 4 is 21.6 Å². The third-order valence-corrected chi connectivity index (χ3v) is 5.83. The van der Waals surface area contributed by atoms with E-state index in [2.05, 4.69) is 5.32 Å². The second-order valence-corrected chi connectivity index (χ2v) is 9.11. The summed E-state index contributed by atoms with van der Waals surface area (Å²) in [6.45, 7) is 5.13. The molecule has 0 heterocycles. The van der Waals surface area contributed by atoms with Crippen LogP contribution in [0.1, 0.15) is 41.6 Å². The van der Waals surface area contributed by atoms with E-state index in [1.165, 1.54) is 6.07 Å². The van der Waals surface area contributed by atoms with Crippen molar-refractivity contribution in [2.45, 2.75) is 39.4 Å². The minimum atomic E-state index is -4.63. The first-order valence-electron chi connectivity index (χ1n) is 9.34. The van der Waals surface area contributed by atoms with Crippen molar-refractivity contribution in [3.63, 3.8) is 0 Å². The first-order chi connectivity index (χ1) is 13.8. The molecular formula is C21H25F3N2O3S. The number of rotatable bonds is 7. The van der Waals surface area contributed by atoms with Crippen LogP contribution in [0.4, 0.5) is 18.9 Å². The number of amides is 1. The van der Waals surface area contributed by atoms with Gasteiger partial charge >= 0.3 is 6.18 Å². The van der Waals surface area contributed by atoms with Crippen LogP contribution in [0.15, 0.2) is 42.5 Å². The van der Waals surface area contributed by atoms with Crippen LogP contribution in [0.3, 0.4) is 0 Å². The molecule has 1 unspecified atom stereocenters. The van der Waals surface area contributed by atoms with Crippen molar-refractivity contribution in [2.24, 2.45) is 0 Å². The fourth-order valence-electron chi connectivity index (χ4n) is 3.22. The van der Waals surface area contributed by atoms with E-state index >= 15 is 0 Å². The Labute approximate surface area is 175 Å². The average molecular weight is 443 g/mol. The monoisotopic (exact) mass is 442 g/mol. The van der Waals surface area contributed by atoms with Gasteiger partial charge in [0.05, 0.1) is 23.5 Å². The van der Waals surface area contributed by atoms with Gasteiger partial charge in [-0.05, 0) is 49.6 Å². The molecule has 2 aromatic carbocycles. The van der Waals surface area contributed by atoms with Crippen LogP contribution in [0.2, 0.25) is 0 Å². The molecule has 30 heavy (non-hydrogen) atoms. The first-order valence-corrected chi connectivity index (χ1v) is 11.2. The standard InChI is InChI=1S/C21H25F3N2O3S/c1-5-19(18-10-9-14(2)11-15(18)3)25-20(27)13-26(30(4,28)29)17-8-6-7-16(12-17)21(22,23)24/h6-12,19H,5,13H2,1-4H3,(H,25,27). The maximum absolute atomic E-state index is 13.0. The van der Waals surface area contributed by atoms with Crippen LogP contribution in [0.25, 0.3) is 0 Å². The van der Waals surface area contributed by atoms with E-state index < -0.39 is 34.2 Å². The molecule has 1 N–H and O–H groups in total. The molecule has 0 spiro atoms. The summed E-state index contributed by atoms with van der Waals surface area (Å²) in [5.41, 5.74) is 1.75. The number of aryl methyl sites for hydroxylation is 2.